The first-order chi connectivity index (χ1) is 7.56. The van der Waals surface area contributed by atoms with E-state index < -0.39 is 0 Å². The molecule has 1 aliphatic rings. The van der Waals surface area contributed by atoms with Crippen LogP contribution in [0.15, 0.2) is 0 Å². The van der Waals surface area contributed by atoms with Crippen LogP contribution in [0, 0.1) is 5.92 Å². The molecule has 0 aromatic rings. The van der Waals surface area contributed by atoms with Crippen molar-refractivity contribution < 1.29 is 4.79 Å². The highest BCUT2D eigenvalue weighted by atomic mass is 16.2. The minimum Gasteiger partial charge on any atom is -0.341 e. The van der Waals surface area contributed by atoms with Gasteiger partial charge in [-0.05, 0) is 26.4 Å². The smallest absolute Gasteiger partial charge is 0.241 e. The van der Waals surface area contributed by atoms with Crippen LogP contribution < -0.4 is 5.32 Å². The molecule has 0 bridgehead atoms. The maximum absolute atomic E-state index is 12.3. The molecule has 1 aliphatic heterocycles. The van der Waals surface area contributed by atoms with E-state index in [-0.39, 0.29) is 11.9 Å². The van der Waals surface area contributed by atoms with Gasteiger partial charge in [-0.2, -0.15) is 0 Å². The highest BCUT2D eigenvalue weighted by Crippen LogP contribution is 2.11. The second kappa shape index (κ2) is 6.21. The molecule has 16 heavy (non-hydrogen) atoms. The second-order valence-corrected chi connectivity index (χ2v) is 5.09. The number of likely N-dealkylation sites (N-methyl/N-ethyl adjacent to an activating group) is 2. The van der Waals surface area contributed by atoms with Gasteiger partial charge in [0, 0.05) is 26.2 Å². The molecule has 4 nitrogen and oxygen atoms in total. The minimum atomic E-state index is 0.00579. The summed E-state index contributed by atoms with van der Waals surface area (Å²) < 4.78 is 0. The topological polar surface area (TPSA) is 35.6 Å². The summed E-state index contributed by atoms with van der Waals surface area (Å²) in [5.74, 6) is 0.825. The standard InChI is InChI=1S/C12H25N3O/c1-10(2)9-15-7-5-6-14(4)11(8-13-3)12(15)16/h10-11,13H,5-9H2,1-4H3. The monoisotopic (exact) mass is 227 g/mol. The summed E-state index contributed by atoms with van der Waals surface area (Å²) >= 11 is 0. The summed E-state index contributed by atoms with van der Waals surface area (Å²) in [6.07, 6.45) is 1.08. The predicted molar refractivity (Wildman–Crippen MR) is 66.4 cm³/mol. The van der Waals surface area contributed by atoms with E-state index in [1.807, 2.05) is 19.0 Å². The zero-order valence-electron chi connectivity index (χ0n) is 11.0. The van der Waals surface area contributed by atoms with Crippen molar-refractivity contribution in [3.05, 3.63) is 0 Å². The van der Waals surface area contributed by atoms with E-state index >= 15 is 0 Å². The lowest BCUT2D eigenvalue weighted by atomic mass is 10.1. The third kappa shape index (κ3) is 3.46. The quantitative estimate of drug-likeness (QED) is 0.755. The van der Waals surface area contributed by atoms with Crippen LogP contribution in [0.25, 0.3) is 0 Å². The summed E-state index contributed by atoms with van der Waals surface area (Å²) in [6.45, 7) is 7.86. The average Bonchev–Trinajstić information content (AvgIpc) is 2.32. The van der Waals surface area contributed by atoms with Gasteiger partial charge < -0.3 is 10.2 Å². The lowest BCUT2D eigenvalue weighted by molar-refractivity contribution is -0.135. The van der Waals surface area contributed by atoms with Crippen molar-refractivity contribution in [1.29, 1.82) is 0 Å². The van der Waals surface area contributed by atoms with Crippen molar-refractivity contribution in [2.45, 2.75) is 26.3 Å². The molecular weight excluding hydrogens is 202 g/mol. The Labute approximate surface area is 99.0 Å². The van der Waals surface area contributed by atoms with E-state index in [0.29, 0.717) is 5.92 Å². The third-order valence-corrected chi connectivity index (χ3v) is 3.05. The second-order valence-electron chi connectivity index (χ2n) is 5.09. The van der Waals surface area contributed by atoms with E-state index in [2.05, 4.69) is 24.1 Å². The molecule has 94 valence electrons. The van der Waals surface area contributed by atoms with Crippen molar-refractivity contribution in [3.63, 3.8) is 0 Å². The molecule has 4 heteroatoms. The Kier molecular flexibility index (Phi) is 5.22. The van der Waals surface area contributed by atoms with Gasteiger partial charge in [0.2, 0.25) is 5.91 Å². The Morgan fingerprint density at radius 1 is 1.44 bits per heavy atom. The largest absolute Gasteiger partial charge is 0.341 e. The number of carbonyl (C=O) groups excluding carboxylic acids is 1. The predicted octanol–water partition coefficient (Wildman–Crippen LogP) is 0.395. The molecule has 1 unspecified atom stereocenters. The number of amides is 1. The summed E-state index contributed by atoms with van der Waals surface area (Å²) in [6, 6.07) is 0.00579. The van der Waals surface area contributed by atoms with Crippen LogP contribution in [0.3, 0.4) is 0 Å². The van der Waals surface area contributed by atoms with Gasteiger partial charge in [0.15, 0.2) is 0 Å². The molecular formula is C12H25N3O. The molecule has 1 N–H and O–H groups in total. The number of hydrogen-bond donors (Lipinski definition) is 1. The fourth-order valence-electron chi connectivity index (χ4n) is 2.23. The van der Waals surface area contributed by atoms with Crippen LogP contribution in [0.4, 0.5) is 0 Å². The first kappa shape index (κ1) is 13.5. The van der Waals surface area contributed by atoms with Gasteiger partial charge in [-0.25, -0.2) is 0 Å². The Hall–Kier alpha value is -0.610. The lowest BCUT2D eigenvalue weighted by Crippen LogP contribution is -2.49. The number of nitrogens with one attached hydrogen (secondary N) is 1. The molecule has 0 aromatic carbocycles. The van der Waals surface area contributed by atoms with Crippen LogP contribution >= 0.6 is 0 Å². The molecule has 0 radical (unpaired) electrons. The highest BCUT2D eigenvalue weighted by Gasteiger charge is 2.29. The van der Waals surface area contributed by atoms with Crippen LogP contribution in [0.2, 0.25) is 0 Å². The van der Waals surface area contributed by atoms with Crippen LogP contribution in [0.1, 0.15) is 20.3 Å². The number of carbonyl (C=O) groups is 1. The molecule has 1 atom stereocenters. The van der Waals surface area contributed by atoms with E-state index in [1.165, 1.54) is 0 Å². The van der Waals surface area contributed by atoms with Crippen LogP contribution in [-0.4, -0.2) is 62.0 Å². The van der Waals surface area contributed by atoms with Crippen molar-refractivity contribution in [1.82, 2.24) is 15.1 Å². The van der Waals surface area contributed by atoms with E-state index in [1.54, 1.807) is 0 Å². The van der Waals surface area contributed by atoms with Crippen molar-refractivity contribution >= 4 is 5.91 Å². The average molecular weight is 227 g/mol. The Morgan fingerprint density at radius 3 is 2.69 bits per heavy atom. The van der Waals surface area contributed by atoms with Gasteiger partial charge in [0.05, 0.1) is 0 Å². The first-order valence-electron chi connectivity index (χ1n) is 6.20. The van der Waals surface area contributed by atoms with E-state index in [9.17, 15) is 4.79 Å². The van der Waals surface area contributed by atoms with Crippen LogP contribution in [0.5, 0.6) is 0 Å². The summed E-state index contributed by atoms with van der Waals surface area (Å²) in [7, 11) is 3.94. The van der Waals surface area contributed by atoms with Crippen LogP contribution in [-0.2, 0) is 4.79 Å². The summed E-state index contributed by atoms with van der Waals surface area (Å²) in [5.41, 5.74) is 0. The van der Waals surface area contributed by atoms with E-state index in [4.69, 9.17) is 0 Å². The summed E-state index contributed by atoms with van der Waals surface area (Å²) in [4.78, 5) is 16.5. The molecule has 1 fully saturated rings. The first-order valence-corrected chi connectivity index (χ1v) is 6.20. The molecule has 0 saturated carbocycles. The number of hydrogen-bond acceptors (Lipinski definition) is 3. The van der Waals surface area contributed by atoms with Crippen molar-refractivity contribution in [2.75, 3.05) is 40.3 Å². The Bertz CT molecular complexity index is 230. The van der Waals surface area contributed by atoms with Gasteiger partial charge >= 0.3 is 0 Å². The molecule has 1 heterocycles. The maximum atomic E-state index is 12.3. The number of nitrogens with zero attached hydrogens (tertiary/aromatic N) is 2. The zero-order valence-corrected chi connectivity index (χ0v) is 11.0. The minimum absolute atomic E-state index is 0.00579. The Balaban J connectivity index is 2.69. The number of rotatable bonds is 4. The molecule has 0 spiro atoms. The normalized spacial score (nSPS) is 23.9. The van der Waals surface area contributed by atoms with Gasteiger partial charge in [-0.3, -0.25) is 9.69 Å². The molecule has 1 rings (SSSR count). The zero-order chi connectivity index (χ0) is 12.1. The maximum Gasteiger partial charge on any atom is 0.241 e. The van der Waals surface area contributed by atoms with E-state index in [0.717, 1.165) is 32.6 Å². The molecule has 0 aromatic heterocycles. The molecule has 1 saturated heterocycles. The molecule has 1 amide bonds. The highest BCUT2D eigenvalue weighted by molar-refractivity contribution is 5.82. The van der Waals surface area contributed by atoms with Gasteiger partial charge in [0.25, 0.3) is 0 Å². The van der Waals surface area contributed by atoms with Crippen molar-refractivity contribution in [3.8, 4) is 0 Å². The Morgan fingerprint density at radius 2 is 2.12 bits per heavy atom. The van der Waals surface area contributed by atoms with Gasteiger partial charge in [-0.15, -0.1) is 0 Å². The summed E-state index contributed by atoms with van der Waals surface area (Å²) in [5, 5.41) is 3.11. The lowest BCUT2D eigenvalue weighted by Gasteiger charge is -2.28. The molecule has 0 aliphatic carbocycles. The van der Waals surface area contributed by atoms with Gasteiger partial charge in [-0.1, -0.05) is 13.8 Å². The van der Waals surface area contributed by atoms with Crippen molar-refractivity contribution in [2.24, 2.45) is 5.92 Å². The van der Waals surface area contributed by atoms with Gasteiger partial charge in [0.1, 0.15) is 6.04 Å². The fourth-order valence-corrected chi connectivity index (χ4v) is 2.23. The third-order valence-electron chi connectivity index (χ3n) is 3.05. The SMILES string of the molecule is CNCC1C(=O)N(CC(C)C)CCCN1C. The fraction of sp³-hybridized carbons (Fsp3) is 0.917.